The van der Waals surface area contributed by atoms with Gasteiger partial charge in [-0.25, -0.2) is 0 Å². The van der Waals surface area contributed by atoms with E-state index in [0.717, 1.165) is 19.8 Å². The Morgan fingerprint density at radius 3 is 2.53 bits per heavy atom. The van der Waals surface area contributed by atoms with Crippen LogP contribution in [-0.2, 0) is 10.2 Å². The van der Waals surface area contributed by atoms with Crippen LogP contribution in [0.1, 0.15) is 36.5 Å². The van der Waals surface area contributed by atoms with E-state index in [2.05, 4.69) is 44.3 Å². The SMILES string of the molecule is CNCC1(c2cc(C(C)C)ccc2C)COC1. The molecule has 2 rings (SSSR count). The van der Waals surface area contributed by atoms with Crippen LogP contribution >= 0.6 is 0 Å². The van der Waals surface area contributed by atoms with E-state index >= 15 is 0 Å². The number of hydrogen-bond donors (Lipinski definition) is 1. The van der Waals surface area contributed by atoms with Gasteiger partial charge in [0, 0.05) is 6.54 Å². The summed E-state index contributed by atoms with van der Waals surface area (Å²) in [6.07, 6.45) is 0. The fourth-order valence-corrected chi connectivity index (χ4v) is 2.61. The first-order valence-corrected chi connectivity index (χ1v) is 6.42. The van der Waals surface area contributed by atoms with Gasteiger partial charge in [-0.05, 0) is 36.6 Å². The molecule has 1 fully saturated rings. The maximum atomic E-state index is 5.46. The average Bonchev–Trinajstić information content (AvgIpc) is 2.24. The molecule has 0 unspecified atom stereocenters. The summed E-state index contributed by atoms with van der Waals surface area (Å²) < 4.78 is 5.46. The highest BCUT2D eigenvalue weighted by molar-refractivity contribution is 5.40. The Balaban J connectivity index is 2.39. The molecule has 0 atom stereocenters. The van der Waals surface area contributed by atoms with E-state index in [1.54, 1.807) is 0 Å². The fourth-order valence-electron chi connectivity index (χ4n) is 2.61. The molecule has 0 spiro atoms. The molecule has 0 bridgehead atoms. The molecule has 0 radical (unpaired) electrons. The number of hydrogen-bond acceptors (Lipinski definition) is 2. The van der Waals surface area contributed by atoms with Gasteiger partial charge < -0.3 is 10.1 Å². The summed E-state index contributed by atoms with van der Waals surface area (Å²) in [5.74, 6) is 0.585. The molecule has 0 aliphatic carbocycles. The number of benzene rings is 1. The largest absolute Gasteiger partial charge is 0.379 e. The lowest BCUT2D eigenvalue weighted by Gasteiger charge is -2.43. The van der Waals surface area contributed by atoms with Crippen molar-refractivity contribution in [1.29, 1.82) is 0 Å². The maximum Gasteiger partial charge on any atom is 0.0598 e. The third-order valence-electron chi connectivity index (χ3n) is 3.77. The predicted molar refractivity (Wildman–Crippen MR) is 71.7 cm³/mol. The Morgan fingerprint density at radius 2 is 2.06 bits per heavy atom. The molecule has 1 aliphatic heterocycles. The lowest BCUT2D eigenvalue weighted by molar-refractivity contribution is -0.0585. The number of ether oxygens (including phenoxy) is 1. The highest BCUT2D eigenvalue weighted by Gasteiger charge is 2.40. The average molecular weight is 233 g/mol. The smallest absolute Gasteiger partial charge is 0.0598 e. The summed E-state index contributed by atoms with van der Waals surface area (Å²) in [4.78, 5) is 0. The van der Waals surface area contributed by atoms with Crippen molar-refractivity contribution < 1.29 is 4.74 Å². The van der Waals surface area contributed by atoms with Crippen molar-refractivity contribution in [2.24, 2.45) is 0 Å². The first-order chi connectivity index (χ1) is 8.09. The lowest BCUT2D eigenvalue weighted by atomic mass is 9.75. The second-order valence-electron chi connectivity index (χ2n) is 5.53. The van der Waals surface area contributed by atoms with Gasteiger partial charge in [0.15, 0.2) is 0 Å². The molecule has 1 N–H and O–H groups in total. The van der Waals surface area contributed by atoms with Crippen LogP contribution in [0.2, 0.25) is 0 Å². The number of aryl methyl sites for hydroxylation is 1. The third kappa shape index (κ3) is 2.24. The van der Waals surface area contributed by atoms with Crippen LogP contribution in [0.3, 0.4) is 0 Å². The minimum Gasteiger partial charge on any atom is -0.379 e. The molecule has 0 amide bonds. The molecule has 1 aromatic rings. The molecule has 1 aliphatic rings. The van der Waals surface area contributed by atoms with Crippen molar-refractivity contribution in [3.05, 3.63) is 34.9 Å². The van der Waals surface area contributed by atoms with Crippen molar-refractivity contribution >= 4 is 0 Å². The van der Waals surface area contributed by atoms with Crippen LogP contribution in [0.4, 0.5) is 0 Å². The van der Waals surface area contributed by atoms with Crippen molar-refractivity contribution in [3.63, 3.8) is 0 Å². The van der Waals surface area contributed by atoms with Crippen molar-refractivity contribution in [3.8, 4) is 0 Å². The van der Waals surface area contributed by atoms with Gasteiger partial charge in [0.25, 0.3) is 0 Å². The van der Waals surface area contributed by atoms with Crippen LogP contribution in [0, 0.1) is 6.92 Å². The van der Waals surface area contributed by atoms with E-state index in [0.29, 0.717) is 5.92 Å². The summed E-state index contributed by atoms with van der Waals surface area (Å²) >= 11 is 0. The van der Waals surface area contributed by atoms with Crippen LogP contribution in [0.5, 0.6) is 0 Å². The quantitative estimate of drug-likeness (QED) is 0.863. The Morgan fingerprint density at radius 1 is 1.35 bits per heavy atom. The molecule has 1 saturated heterocycles. The molecule has 2 heteroatoms. The second-order valence-corrected chi connectivity index (χ2v) is 5.53. The summed E-state index contributed by atoms with van der Waals surface area (Å²) in [6, 6.07) is 6.87. The van der Waals surface area contributed by atoms with E-state index in [9.17, 15) is 0 Å². The Hall–Kier alpha value is -0.860. The van der Waals surface area contributed by atoms with Gasteiger partial charge in [-0.3, -0.25) is 0 Å². The van der Waals surface area contributed by atoms with Gasteiger partial charge in [0.1, 0.15) is 0 Å². The van der Waals surface area contributed by atoms with Gasteiger partial charge >= 0.3 is 0 Å². The van der Waals surface area contributed by atoms with Gasteiger partial charge in [-0.1, -0.05) is 32.0 Å². The molecule has 2 nitrogen and oxygen atoms in total. The van der Waals surface area contributed by atoms with E-state index in [4.69, 9.17) is 4.74 Å². The van der Waals surface area contributed by atoms with Crippen LogP contribution in [-0.4, -0.2) is 26.8 Å². The normalized spacial score (nSPS) is 18.2. The first-order valence-electron chi connectivity index (χ1n) is 6.42. The van der Waals surface area contributed by atoms with Gasteiger partial charge in [0.05, 0.1) is 18.6 Å². The van der Waals surface area contributed by atoms with Gasteiger partial charge in [0.2, 0.25) is 0 Å². The van der Waals surface area contributed by atoms with Crippen molar-refractivity contribution in [2.45, 2.75) is 32.1 Å². The highest BCUT2D eigenvalue weighted by Crippen LogP contribution is 2.35. The van der Waals surface area contributed by atoms with Crippen LogP contribution in [0.25, 0.3) is 0 Å². The second kappa shape index (κ2) is 4.79. The number of rotatable bonds is 4. The number of nitrogens with one attached hydrogen (secondary N) is 1. The standard InChI is InChI=1S/C15H23NO/c1-11(2)13-6-5-12(3)14(7-13)15(8-16-4)9-17-10-15/h5-7,11,16H,8-10H2,1-4H3. The zero-order valence-electron chi connectivity index (χ0n) is 11.3. The first kappa shape index (κ1) is 12.6. The van der Waals surface area contributed by atoms with E-state index in [1.807, 2.05) is 7.05 Å². The molecule has 1 heterocycles. The molecular formula is C15H23NO. The van der Waals surface area contributed by atoms with Gasteiger partial charge in [-0.15, -0.1) is 0 Å². The van der Waals surface area contributed by atoms with Crippen molar-refractivity contribution in [1.82, 2.24) is 5.32 Å². The van der Waals surface area contributed by atoms with Crippen LogP contribution in [0.15, 0.2) is 18.2 Å². The molecular weight excluding hydrogens is 210 g/mol. The van der Waals surface area contributed by atoms with Crippen LogP contribution < -0.4 is 5.32 Å². The summed E-state index contributed by atoms with van der Waals surface area (Å²) in [7, 11) is 2.02. The zero-order valence-corrected chi connectivity index (χ0v) is 11.3. The highest BCUT2D eigenvalue weighted by atomic mass is 16.5. The Kier molecular flexibility index (Phi) is 3.55. The van der Waals surface area contributed by atoms with E-state index in [1.165, 1.54) is 16.7 Å². The Labute approximate surface area is 104 Å². The summed E-state index contributed by atoms with van der Waals surface area (Å²) in [6.45, 7) is 9.38. The van der Waals surface area contributed by atoms with E-state index in [-0.39, 0.29) is 5.41 Å². The zero-order chi connectivity index (χ0) is 12.5. The molecule has 0 aromatic heterocycles. The maximum absolute atomic E-state index is 5.46. The monoisotopic (exact) mass is 233 g/mol. The molecule has 0 saturated carbocycles. The minimum absolute atomic E-state index is 0.198. The molecule has 94 valence electrons. The number of likely N-dealkylation sites (N-methyl/N-ethyl adjacent to an activating group) is 1. The lowest BCUT2D eigenvalue weighted by Crippen LogP contribution is -2.53. The Bertz CT molecular complexity index is 394. The molecule has 17 heavy (non-hydrogen) atoms. The van der Waals surface area contributed by atoms with E-state index < -0.39 is 0 Å². The third-order valence-corrected chi connectivity index (χ3v) is 3.77. The summed E-state index contributed by atoms with van der Waals surface area (Å²) in [5.41, 5.74) is 4.47. The molecule has 1 aromatic carbocycles. The topological polar surface area (TPSA) is 21.3 Å². The fraction of sp³-hybridized carbons (Fsp3) is 0.600. The van der Waals surface area contributed by atoms with Crippen molar-refractivity contribution in [2.75, 3.05) is 26.8 Å². The predicted octanol–water partition coefficient (Wildman–Crippen LogP) is 2.61. The summed E-state index contributed by atoms with van der Waals surface area (Å²) in [5, 5.41) is 3.30. The minimum atomic E-state index is 0.198. The van der Waals surface area contributed by atoms with Gasteiger partial charge in [-0.2, -0.15) is 0 Å².